The molecular formula is C11H23NO2S. The maximum atomic E-state index is 11.4. The Hall–Kier alpha value is -0.220. The molecule has 0 aliphatic carbocycles. The molecule has 0 spiro atoms. The van der Waals surface area contributed by atoms with Crippen LogP contribution in [0.15, 0.2) is 0 Å². The van der Waals surface area contributed by atoms with Crippen LogP contribution in [0, 0.1) is 5.92 Å². The number of carbonyl (C=O) groups is 1. The molecule has 0 aliphatic rings. The van der Waals surface area contributed by atoms with E-state index in [1.165, 1.54) is 0 Å². The van der Waals surface area contributed by atoms with E-state index < -0.39 is 5.60 Å². The summed E-state index contributed by atoms with van der Waals surface area (Å²) >= 11 is 1.58. The Labute approximate surface area is 97.0 Å². The van der Waals surface area contributed by atoms with Crippen LogP contribution < -0.4 is 5.32 Å². The Morgan fingerprint density at radius 1 is 1.60 bits per heavy atom. The fraction of sp³-hybridized carbons (Fsp3) is 0.909. The lowest BCUT2D eigenvalue weighted by molar-refractivity contribution is -0.122. The van der Waals surface area contributed by atoms with Crippen LogP contribution in [-0.2, 0) is 4.79 Å². The molecule has 0 aliphatic heterocycles. The number of nitrogens with one attached hydrogen (secondary N) is 1. The molecule has 0 rings (SSSR count). The van der Waals surface area contributed by atoms with Crippen LogP contribution in [0.25, 0.3) is 0 Å². The minimum atomic E-state index is -0.801. The maximum Gasteiger partial charge on any atom is 0.220 e. The zero-order valence-electron chi connectivity index (χ0n) is 10.2. The number of aliphatic hydroxyl groups is 1. The van der Waals surface area contributed by atoms with E-state index in [9.17, 15) is 9.90 Å². The van der Waals surface area contributed by atoms with Gasteiger partial charge in [-0.3, -0.25) is 4.79 Å². The molecule has 0 aromatic heterocycles. The van der Waals surface area contributed by atoms with Gasteiger partial charge in [-0.1, -0.05) is 20.3 Å². The number of hydrogen-bond acceptors (Lipinski definition) is 3. The molecule has 1 amide bonds. The third-order valence-electron chi connectivity index (χ3n) is 2.35. The van der Waals surface area contributed by atoms with Crippen molar-refractivity contribution >= 4 is 17.7 Å². The van der Waals surface area contributed by atoms with E-state index in [0.717, 1.165) is 6.42 Å². The molecule has 2 N–H and O–H groups in total. The third-order valence-corrected chi connectivity index (χ3v) is 3.26. The largest absolute Gasteiger partial charge is 0.387 e. The van der Waals surface area contributed by atoms with Crippen molar-refractivity contribution in [3.8, 4) is 0 Å². The molecule has 2 unspecified atom stereocenters. The van der Waals surface area contributed by atoms with Crippen molar-refractivity contribution in [1.82, 2.24) is 5.32 Å². The van der Waals surface area contributed by atoms with Gasteiger partial charge in [-0.2, -0.15) is 11.8 Å². The van der Waals surface area contributed by atoms with Gasteiger partial charge in [-0.05, 0) is 19.1 Å². The summed E-state index contributed by atoms with van der Waals surface area (Å²) in [6.45, 7) is 6.21. The summed E-state index contributed by atoms with van der Waals surface area (Å²) in [6.07, 6.45) is 3.50. The summed E-state index contributed by atoms with van der Waals surface area (Å²) in [5, 5.41) is 12.6. The molecule has 0 aromatic rings. The minimum absolute atomic E-state index is 0.0331. The summed E-state index contributed by atoms with van der Waals surface area (Å²) < 4.78 is 0. The highest BCUT2D eigenvalue weighted by atomic mass is 32.2. The van der Waals surface area contributed by atoms with E-state index in [1.54, 1.807) is 18.7 Å². The van der Waals surface area contributed by atoms with Crippen LogP contribution >= 0.6 is 11.8 Å². The first-order valence-electron chi connectivity index (χ1n) is 5.39. The summed E-state index contributed by atoms with van der Waals surface area (Å²) in [6, 6.07) is 0. The number of carbonyl (C=O) groups excluding carboxylic acids is 1. The van der Waals surface area contributed by atoms with Crippen molar-refractivity contribution < 1.29 is 9.90 Å². The lowest BCUT2D eigenvalue weighted by Crippen LogP contribution is -2.42. The molecule has 0 saturated carbocycles. The quantitative estimate of drug-likeness (QED) is 0.703. The average molecular weight is 233 g/mol. The van der Waals surface area contributed by atoms with E-state index in [1.807, 2.05) is 6.26 Å². The second-order valence-electron chi connectivity index (χ2n) is 4.42. The molecule has 15 heavy (non-hydrogen) atoms. The van der Waals surface area contributed by atoms with E-state index in [4.69, 9.17) is 0 Å². The minimum Gasteiger partial charge on any atom is -0.387 e. The molecule has 0 fully saturated rings. The van der Waals surface area contributed by atoms with E-state index in [-0.39, 0.29) is 5.91 Å². The molecule has 0 bridgehead atoms. The van der Waals surface area contributed by atoms with Gasteiger partial charge in [-0.25, -0.2) is 0 Å². The SMILES string of the molecule is CCC(C)CC(=O)NCC(C)(O)CSC. The fourth-order valence-corrected chi connectivity index (χ4v) is 1.91. The van der Waals surface area contributed by atoms with E-state index in [2.05, 4.69) is 19.2 Å². The van der Waals surface area contributed by atoms with Gasteiger partial charge in [0.25, 0.3) is 0 Å². The monoisotopic (exact) mass is 233 g/mol. The smallest absolute Gasteiger partial charge is 0.220 e. The van der Waals surface area contributed by atoms with Crippen molar-refractivity contribution in [2.45, 2.75) is 39.2 Å². The maximum absolute atomic E-state index is 11.4. The third kappa shape index (κ3) is 7.68. The zero-order chi connectivity index (χ0) is 11.9. The first-order valence-corrected chi connectivity index (χ1v) is 6.78. The standard InChI is InChI=1S/C11H23NO2S/c1-5-9(2)6-10(13)12-7-11(3,14)8-15-4/h9,14H,5-8H2,1-4H3,(H,12,13). The zero-order valence-corrected chi connectivity index (χ0v) is 11.0. The molecule has 0 saturated heterocycles. The number of rotatable bonds is 7. The molecule has 0 heterocycles. The van der Waals surface area contributed by atoms with Gasteiger partial charge in [0.1, 0.15) is 0 Å². The summed E-state index contributed by atoms with van der Waals surface area (Å²) in [4.78, 5) is 11.4. The normalized spacial score (nSPS) is 16.9. The molecule has 3 nitrogen and oxygen atoms in total. The van der Waals surface area contributed by atoms with E-state index in [0.29, 0.717) is 24.6 Å². The van der Waals surface area contributed by atoms with Crippen molar-refractivity contribution in [1.29, 1.82) is 0 Å². The van der Waals surface area contributed by atoms with Gasteiger partial charge < -0.3 is 10.4 Å². The Morgan fingerprint density at radius 2 is 2.20 bits per heavy atom. The Bertz CT molecular complexity index is 195. The Kier molecular flexibility index (Phi) is 7.02. The predicted molar refractivity (Wildman–Crippen MR) is 66.1 cm³/mol. The van der Waals surface area contributed by atoms with Gasteiger partial charge in [0.05, 0.1) is 5.60 Å². The Balaban J connectivity index is 3.79. The lowest BCUT2D eigenvalue weighted by Gasteiger charge is -2.22. The number of hydrogen-bond donors (Lipinski definition) is 2. The van der Waals surface area contributed by atoms with Crippen LogP contribution in [0.1, 0.15) is 33.6 Å². The lowest BCUT2D eigenvalue weighted by atomic mass is 10.0. The molecule has 4 heteroatoms. The molecule has 90 valence electrons. The summed E-state index contributed by atoms with van der Waals surface area (Å²) in [5.74, 6) is 1.08. The van der Waals surface area contributed by atoms with Crippen molar-refractivity contribution in [2.75, 3.05) is 18.6 Å². The van der Waals surface area contributed by atoms with Crippen molar-refractivity contribution in [3.05, 3.63) is 0 Å². The van der Waals surface area contributed by atoms with Gasteiger partial charge in [0.2, 0.25) is 5.91 Å². The van der Waals surface area contributed by atoms with Gasteiger partial charge >= 0.3 is 0 Å². The van der Waals surface area contributed by atoms with Crippen LogP contribution in [0.3, 0.4) is 0 Å². The number of thioether (sulfide) groups is 1. The van der Waals surface area contributed by atoms with Gasteiger partial charge in [0.15, 0.2) is 0 Å². The topological polar surface area (TPSA) is 49.3 Å². The van der Waals surface area contributed by atoms with Crippen LogP contribution in [0.5, 0.6) is 0 Å². The van der Waals surface area contributed by atoms with Crippen LogP contribution in [-0.4, -0.2) is 35.2 Å². The van der Waals surface area contributed by atoms with Crippen LogP contribution in [0.2, 0.25) is 0 Å². The summed E-state index contributed by atoms with van der Waals surface area (Å²) in [5.41, 5.74) is -0.801. The highest BCUT2D eigenvalue weighted by Crippen LogP contribution is 2.10. The van der Waals surface area contributed by atoms with E-state index >= 15 is 0 Å². The summed E-state index contributed by atoms with van der Waals surface area (Å²) in [7, 11) is 0. The molecule has 0 radical (unpaired) electrons. The first-order chi connectivity index (χ1) is 6.91. The Morgan fingerprint density at radius 3 is 2.67 bits per heavy atom. The fourth-order valence-electron chi connectivity index (χ4n) is 1.18. The highest BCUT2D eigenvalue weighted by molar-refractivity contribution is 7.98. The predicted octanol–water partition coefficient (Wildman–Crippen LogP) is 1.65. The van der Waals surface area contributed by atoms with Gasteiger partial charge in [-0.15, -0.1) is 0 Å². The second-order valence-corrected chi connectivity index (χ2v) is 5.29. The highest BCUT2D eigenvalue weighted by Gasteiger charge is 2.20. The molecule has 0 aromatic carbocycles. The van der Waals surface area contributed by atoms with Gasteiger partial charge in [0, 0.05) is 18.7 Å². The van der Waals surface area contributed by atoms with Crippen molar-refractivity contribution in [2.24, 2.45) is 5.92 Å². The molecule has 2 atom stereocenters. The second kappa shape index (κ2) is 7.12. The molecular weight excluding hydrogens is 210 g/mol. The van der Waals surface area contributed by atoms with Crippen LogP contribution in [0.4, 0.5) is 0 Å². The number of amides is 1. The van der Waals surface area contributed by atoms with Crippen molar-refractivity contribution in [3.63, 3.8) is 0 Å². The average Bonchev–Trinajstić information content (AvgIpc) is 2.15. The first kappa shape index (κ1) is 14.8.